The first-order valence-corrected chi connectivity index (χ1v) is 18.0. The zero-order chi connectivity index (χ0) is 34.5. The molecule has 1 saturated carbocycles. The van der Waals surface area contributed by atoms with Crippen molar-refractivity contribution in [2.24, 2.45) is 0 Å². The molecule has 2 aliphatic rings. The molecule has 2 fully saturated rings. The summed E-state index contributed by atoms with van der Waals surface area (Å²) < 4.78 is 62.1. The van der Waals surface area contributed by atoms with Gasteiger partial charge in [-0.25, -0.2) is 18.0 Å². The largest absolute Gasteiger partial charge is 0.461 e. The molecule has 2 unspecified atom stereocenters. The third-order valence-electron chi connectivity index (χ3n) is 7.43. The normalized spacial score (nSPS) is 24.6. The fourth-order valence-electron chi connectivity index (χ4n) is 4.86. The lowest BCUT2D eigenvalue weighted by atomic mass is 9.96. The number of esters is 1. The molecule has 1 aliphatic heterocycles. The van der Waals surface area contributed by atoms with Crippen molar-refractivity contribution in [3.63, 3.8) is 0 Å². The lowest BCUT2D eigenvalue weighted by molar-refractivity contribution is -0.151. The van der Waals surface area contributed by atoms with E-state index in [1.54, 1.807) is 24.3 Å². The van der Waals surface area contributed by atoms with Crippen LogP contribution in [0.2, 0.25) is 0 Å². The van der Waals surface area contributed by atoms with Gasteiger partial charge in [0.2, 0.25) is 16.0 Å². The number of nitrogens with zero attached hydrogens (tertiary/aromatic N) is 5. The van der Waals surface area contributed by atoms with E-state index in [1.807, 2.05) is 6.92 Å². The van der Waals surface area contributed by atoms with Crippen LogP contribution >= 0.6 is 7.75 Å². The highest BCUT2D eigenvalue weighted by atomic mass is 32.2. The molecule has 3 heterocycles. The van der Waals surface area contributed by atoms with E-state index in [0.717, 1.165) is 29.7 Å². The number of aryl methyl sites for hydroxylation is 1. The van der Waals surface area contributed by atoms with Crippen LogP contribution in [0, 0.1) is 6.92 Å². The number of aliphatic hydroxyl groups excluding tert-OH is 1. The maximum atomic E-state index is 14.2. The third kappa shape index (κ3) is 7.84. The van der Waals surface area contributed by atoms with Gasteiger partial charge in [0.25, 0.3) is 0 Å². The molecule has 3 aromatic rings. The van der Waals surface area contributed by atoms with Gasteiger partial charge in [0, 0.05) is 7.05 Å². The molecule has 20 heteroatoms. The van der Waals surface area contributed by atoms with Crippen LogP contribution < -0.4 is 25.2 Å². The smallest absolute Gasteiger partial charge is 0.459 e. The molecule has 1 saturated heterocycles. The molecule has 1 aromatic carbocycles. The maximum absolute atomic E-state index is 14.2. The fraction of sp³-hybridized carbons (Fsp3) is 0.556. The van der Waals surface area contributed by atoms with Crippen molar-refractivity contribution in [2.75, 3.05) is 30.7 Å². The topological polar surface area (TPSA) is 243 Å². The highest BCUT2D eigenvalue weighted by Crippen LogP contribution is 2.48. The summed E-state index contributed by atoms with van der Waals surface area (Å²) in [7, 11) is -6.68. The minimum Gasteiger partial charge on any atom is -0.461 e. The molecular formula is C27H39N8O10PS. The number of rotatable bonds is 13. The molecule has 18 nitrogen and oxygen atoms in total. The number of imidazole rings is 1. The van der Waals surface area contributed by atoms with Gasteiger partial charge in [-0.15, -0.1) is 4.83 Å². The van der Waals surface area contributed by atoms with Gasteiger partial charge in [-0.05, 0) is 52.7 Å². The monoisotopic (exact) mass is 698 g/mol. The summed E-state index contributed by atoms with van der Waals surface area (Å²) in [6.07, 6.45) is -0.706. The van der Waals surface area contributed by atoms with Crippen LogP contribution in [0.15, 0.2) is 30.6 Å². The first-order valence-electron chi connectivity index (χ1n) is 14.6. The Morgan fingerprint density at radius 2 is 1.94 bits per heavy atom. The lowest BCUT2D eigenvalue weighted by Crippen LogP contribution is -2.48. The van der Waals surface area contributed by atoms with Gasteiger partial charge in [0.1, 0.15) is 35.2 Å². The van der Waals surface area contributed by atoms with Crippen LogP contribution in [-0.2, 0) is 33.4 Å². The summed E-state index contributed by atoms with van der Waals surface area (Å²) in [4.78, 5) is 27.6. The van der Waals surface area contributed by atoms with E-state index in [1.165, 1.54) is 38.7 Å². The number of sulfonamides is 1. The van der Waals surface area contributed by atoms with Gasteiger partial charge in [0.15, 0.2) is 23.2 Å². The number of nitrogens with one attached hydrogen (secondary N) is 2. The molecule has 0 amide bonds. The first-order chi connectivity index (χ1) is 21.8. The van der Waals surface area contributed by atoms with Crippen molar-refractivity contribution in [1.29, 1.82) is 0 Å². The van der Waals surface area contributed by atoms with E-state index in [2.05, 4.69) is 24.9 Å². The van der Waals surface area contributed by atoms with Gasteiger partial charge in [-0.3, -0.25) is 18.9 Å². The van der Waals surface area contributed by atoms with Gasteiger partial charge in [-0.2, -0.15) is 15.1 Å². The van der Waals surface area contributed by atoms with E-state index < -0.39 is 59.9 Å². The third-order valence-corrected chi connectivity index (χ3v) is 9.81. The number of aromatic nitrogens is 4. The highest BCUT2D eigenvalue weighted by Gasteiger charge is 2.54. The second-order valence-electron chi connectivity index (χ2n) is 12.4. The molecule has 6 N–H and O–H groups in total. The number of nitrogen functional groups attached to an aromatic ring is 1. The van der Waals surface area contributed by atoms with Crippen LogP contribution in [0.25, 0.3) is 11.2 Å². The second kappa shape index (κ2) is 12.6. The summed E-state index contributed by atoms with van der Waals surface area (Å²) in [5.41, 5.74) is 3.52. The van der Waals surface area contributed by atoms with E-state index in [9.17, 15) is 28.0 Å². The summed E-state index contributed by atoms with van der Waals surface area (Å²) in [5, 5.41) is 26.4. The predicted molar refractivity (Wildman–Crippen MR) is 168 cm³/mol. The molecule has 258 valence electrons. The van der Waals surface area contributed by atoms with Crippen LogP contribution in [0.1, 0.15) is 45.4 Å². The number of anilines is 2. The number of hydrogen-bond donors (Lipinski definition) is 5. The molecule has 47 heavy (non-hydrogen) atoms. The molecule has 5 rings (SSSR count). The van der Waals surface area contributed by atoms with Crippen molar-refractivity contribution in [3.8, 4) is 5.75 Å². The SMILES string of the molecule is Cc1ccc(OP(=O)(NC(C)(C)C(=O)OC2CC2)OC[C@H]2OC(n3cnc4c(N(C)NS(C)(=O)=O)nc(N)nc43)[C@](C)(O)[C@@H]2O)cc1. The minimum absolute atomic E-state index is 0.0119. The zero-order valence-electron chi connectivity index (χ0n) is 26.6. The Hall–Kier alpha value is -3.42. The van der Waals surface area contributed by atoms with Crippen LogP contribution in [0.3, 0.4) is 0 Å². The van der Waals surface area contributed by atoms with Crippen molar-refractivity contribution in [3.05, 3.63) is 36.2 Å². The predicted octanol–water partition coefficient (Wildman–Crippen LogP) is 0.904. The Bertz CT molecular complexity index is 1800. The summed E-state index contributed by atoms with van der Waals surface area (Å²) in [6, 6.07) is 6.65. The average Bonchev–Trinajstić information content (AvgIpc) is 3.63. The van der Waals surface area contributed by atoms with Gasteiger partial charge < -0.3 is 29.9 Å². The van der Waals surface area contributed by atoms with Gasteiger partial charge in [0.05, 0.1) is 19.2 Å². The maximum Gasteiger partial charge on any atom is 0.459 e. The number of hydrazine groups is 1. The average molecular weight is 699 g/mol. The minimum atomic E-state index is -4.38. The molecular weight excluding hydrogens is 659 g/mol. The van der Waals surface area contributed by atoms with Crippen LogP contribution in [0.5, 0.6) is 5.75 Å². The van der Waals surface area contributed by atoms with E-state index in [0.29, 0.717) is 0 Å². The molecule has 5 atom stereocenters. The van der Waals surface area contributed by atoms with E-state index in [4.69, 9.17) is 24.3 Å². The Kier molecular flexibility index (Phi) is 9.32. The number of aliphatic hydroxyl groups is 2. The molecule has 1 aliphatic carbocycles. The zero-order valence-corrected chi connectivity index (χ0v) is 28.4. The first kappa shape index (κ1) is 34.9. The molecule has 2 aromatic heterocycles. The number of carbonyl (C=O) groups is 1. The number of nitrogens with two attached hydrogens (primary N) is 1. The Labute approximate surface area is 271 Å². The number of hydrogen-bond acceptors (Lipinski definition) is 15. The fourth-order valence-corrected chi connectivity index (χ4v) is 7.12. The van der Waals surface area contributed by atoms with Crippen LogP contribution in [-0.4, -0.2) is 93.5 Å². The Balaban J connectivity index is 1.40. The molecule has 0 radical (unpaired) electrons. The standard InChI is InChI=1S/C27H39N8O10PS/c1-15-7-9-17(10-8-15)45-46(39,32-26(2,3)24(37)43-16-11-12-16)42-13-18-20(36)27(4,38)23(44-18)35-14-29-19-21(30-25(28)31-22(19)35)34(5)33-47(6,40)41/h7-10,14,16,18,20,23,33,36,38H,11-13H2,1-6H3,(H,32,39)(H2,28,30,31)/t18-,20-,23?,27-,46?/m1/s1. The van der Waals surface area contributed by atoms with Crippen LogP contribution in [0.4, 0.5) is 11.8 Å². The van der Waals surface area contributed by atoms with Gasteiger partial charge in [-0.1, -0.05) is 17.7 Å². The molecule has 0 bridgehead atoms. The number of ether oxygens (including phenoxy) is 2. The number of benzene rings is 1. The van der Waals surface area contributed by atoms with Crippen molar-refractivity contribution in [1.82, 2.24) is 29.4 Å². The molecule has 0 spiro atoms. The quantitative estimate of drug-likeness (QED) is 0.0946. The number of fused-ring (bicyclic) bond motifs is 1. The Morgan fingerprint density at radius 1 is 1.28 bits per heavy atom. The summed E-state index contributed by atoms with van der Waals surface area (Å²) in [6.45, 7) is 5.57. The number of carbonyl (C=O) groups excluding carboxylic acids is 1. The second-order valence-corrected chi connectivity index (χ2v) is 15.8. The van der Waals surface area contributed by atoms with E-state index >= 15 is 0 Å². The van der Waals surface area contributed by atoms with Gasteiger partial charge >= 0.3 is 13.7 Å². The lowest BCUT2D eigenvalue weighted by Gasteiger charge is -2.30. The van der Waals surface area contributed by atoms with Crippen molar-refractivity contribution in [2.45, 2.75) is 76.2 Å². The van der Waals surface area contributed by atoms with Crippen molar-refractivity contribution >= 4 is 46.7 Å². The summed E-state index contributed by atoms with van der Waals surface area (Å²) >= 11 is 0. The van der Waals surface area contributed by atoms with E-state index in [-0.39, 0.29) is 34.8 Å². The van der Waals surface area contributed by atoms with Crippen molar-refractivity contribution < 1.29 is 46.5 Å². The highest BCUT2D eigenvalue weighted by molar-refractivity contribution is 7.88. The summed E-state index contributed by atoms with van der Waals surface area (Å²) in [5.74, 6) is -0.694. The Morgan fingerprint density at radius 3 is 2.55 bits per heavy atom.